The van der Waals surface area contributed by atoms with Crippen LogP contribution in [0, 0.1) is 0 Å². The number of hydrogen-bond acceptors (Lipinski definition) is 3. The topological polar surface area (TPSA) is 25.4 Å². The van der Waals surface area contributed by atoms with Crippen molar-refractivity contribution in [2.24, 2.45) is 0 Å². The first-order valence-electron chi connectivity index (χ1n) is 6.10. The molecule has 0 radical (unpaired) electrons. The van der Waals surface area contributed by atoms with Gasteiger partial charge in [-0.3, -0.25) is 4.90 Å². The van der Waals surface area contributed by atoms with E-state index in [1.807, 2.05) is 24.3 Å². The highest BCUT2D eigenvalue weighted by Crippen LogP contribution is 2.14. The van der Waals surface area contributed by atoms with Gasteiger partial charge in [0.15, 0.2) is 0 Å². The molecule has 1 heterocycles. The molecule has 1 aromatic heterocycles. The van der Waals surface area contributed by atoms with Crippen LogP contribution in [0.5, 0.6) is 5.75 Å². The van der Waals surface area contributed by atoms with E-state index in [4.69, 9.17) is 16.3 Å². The fourth-order valence-electron chi connectivity index (χ4n) is 1.91. The van der Waals surface area contributed by atoms with Gasteiger partial charge in [-0.05, 0) is 36.9 Å². The van der Waals surface area contributed by atoms with Crippen LogP contribution in [0.15, 0.2) is 42.5 Å². The molecule has 2 aromatic rings. The van der Waals surface area contributed by atoms with Gasteiger partial charge in [0.25, 0.3) is 0 Å². The van der Waals surface area contributed by atoms with Crippen LogP contribution in [0.4, 0.5) is 0 Å². The summed E-state index contributed by atoms with van der Waals surface area (Å²) in [5.41, 5.74) is 2.22. The Kier molecular flexibility index (Phi) is 4.77. The van der Waals surface area contributed by atoms with Gasteiger partial charge in [0, 0.05) is 13.1 Å². The van der Waals surface area contributed by atoms with Crippen LogP contribution in [-0.4, -0.2) is 24.0 Å². The van der Waals surface area contributed by atoms with Crippen molar-refractivity contribution in [1.29, 1.82) is 0 Å². The van der Waals surface area contributed by atoms with Gasteiger partial charge in [-0.15, -0.1) is 0 Å². The van der Waals surface area contributed by atoms with Gasteiger partial charge < -0.3 is 4.74 Å². The number of methoxy groups -OCH3 is 1. The Bertz CT molecular complexity index is 528. The Morgan fingerprint density at radius 1 is 1.11 bits per heavy atom. The van der Waals surface area contributed by atoms with Crippen LogP contribution in [-0.2, 0) is 13.1 Å². The highest BCUT2D eigenvalue weighted by atomic mass is 35.5. The molecule has 0 unspecified atom stereocenters. The molecule has 2 rings (SSSR count). The van der Waals surface area contributed by atoms with Gasteiger partial charge in [0.2, 0.25) is 0 Å². The number of rotatable bonds is 5. The van der Waals surface area contributed by atoms with Crippen molar-refractivity contribution in [3.63, 3.8) is 0 Å². The molecule has 0 atom stereocenters. The monoisotopic (exact) mass is 276 g/mol. The van der Waals surface area contributed by atoms with Gasteiger partial charge >= 0.3 is 0 Å². The summed E-state index contributed by atoms with van der Waals surface area (Å²) in [5, 5.41) is 0.537. The summed E-state index contributed by atoms with van der Waals surface area (Å²) < 4.78 is 5.14. The molecule has 4 heteroatoms. The molecule has 0 saturated heterocycles. The molecule has 0 bridgehead atoms. The fraction of sp³-hybridized carbons (Fsp3) is 0.267. The molecule has 0 fully saturated rings. The molecule has 0 spiro atoms. The lowest BCUT2D eigenvalue weighted by molar-refractivity contribution is 0.315. The van der Waals surface area contributed by atoms with Gasteiger partial charge in [0.05, 0.1) is 12.8 Å². The van der Waals surface area contributed by atoms with Crippen molar-refractivity contribution in [2.45, 2.75) is 13.1 Å². The van der Waals surface area contributed by atoms with E-state index in [-0.39, 0.29) is 0 Å². The average Bonchev–Trinajstić information content (AvgIpc) is 2.39. The zero-order valence-corrected chi connectivity index (χ0v) is 11.9. The molecule has 3 nitrogen and oxygen atoms in total. The van der Waals surface area contributed by atoms with Crippen LogP contribution < -0.4 is 4.74 Å². The molecule has 100 valence electrons. The normalized spacial score (nSPS) is 10.7. The van der Waals surface area contributed by atoms with Gasteiger partial charge in [-0.2, -0.15) is 0 Å². The van der Waals surface area contributed by atoms with Crippen molar-refractivity contribution in [3.8, 4) is 5.75 Å². The Morgan fingerprint density at radius 2 is 1.84 bits per heavy atom. The molecule has 0 aliphatic heterocycles. The number of aromatic nitrogens is 1. The van der Waals surface area contributed by atoms with E-state index in [9.17, 15) is 0 Å². The Balaban J connectivity index is 1.95. The smallest absolute Gasteiger partial charge is 0.129 e. The Labute approximate surface area is 118 Å². The third-order valence-corrected chi connectivity index (χ3v) is 3.03. The number of ether oxygens (including phenoxy) is 1. The van der Waals surface area contributed by atoms with E-state index >= 15 is 0 Å². The minimum absolute atomic E-state index is 0.537. The van der Waals surface area contributed by atoms with E-state index in [0.29, 0.717) is 5.15 Å². The number of pyridine rings is 1. The van der Waals surface area contributed by atoms with Gasteiger partial charge in [-0.1, -0.05) is 29.8 Å². The SMILES string of the molecule is COc1ccc(CN(C)Cc2cccc(Cl)n2)cc1. The lowest BCUT2D eigenvalue weighted by atomic mass is 10.2. The predicted molar refractivity (Wildman–Crippen MR) is 77.4 cm³/mol. The van der Waals surface area contributed by atoms with Crippen molar-refractivity contribution in [1.82, 2.24) is 9.88 Å². The van der Waals surface area contributed by atoms with Crippen LogP contribution in [0.1, 0.15) is 11.3 Å². The van der Waals surface area contributed by atoms with E-state index < -0.39 is 0 Å². The summed E-state index contributed by atoms with van der Waals surface area (Å²) in [6, 6.07) is 13.8. The molecule has 19 heavy (non-hydrogen) atoms. The Morgan fingerprint density at radius 3 is 2.47 bits per heavy atom. The van der Waals surface area contributed by atoms with Crippen molar-refractivity contribution >= 4 is 11.6 Å². The van der Waals surface area contributed by atoms with E-state index in [1.54, 1.807) is 13.2 Å². The zero-order chi connectivity index (χ0) is 13.7. The number of halogens is 1. The third-order valence-electron chi connectivity index (χ3n) is 2.82. The van der Waals surface area contributed by atoms with Gasteiger partial charge in [-0.25, -0.2) is 4.98 Å². The van der Waals surface area contributed by atoms with E-state index in [1.165, 1.54) is 5.56 Å². The van der Waals surface area contributed by atoms with Crippen LogP contribution in [0.25, 0.3) is 0 Å². The van der Waals surface area contributed by atoms with Crippen molar-refractivity contribution < 1.29 is 4.74 Å². The van der Waals surface area contributed by atoms with Crippen LogP contribution in [0.3, 0.4) is 0 Å². The second-order valence-corrected chi connectivity index (χ2v) is 4.86. The summed E-state index contributed by atoms with van der Waals surface area (Å²) >= 11 is 5.88. The number of hydrogen-bond donors (Lipinski definition) is 0. The number of nitrogens with zero attached hydrogens (tertiary/aromatic N) is 2. The first-order valence-corrected chi connectivity index (χ1v) is 6.48. The van der Waals surface area contributed by atoms with Crippen LogP contribution in [0.2, 0.25) is 5.15 Å². The minimum Gasteiger partial charge on any atom is -0.497 e. The van der Waals surface area contributed by atoms with Crippen molar-refractivity contribution in [3.05, 3.63) is 58.9 Å². The molecular formula is C15H17ClN2O. The maximum atomic E-state index is 5.88. The highest BCUT2D eigenvalue weighted by Gasteiger charge is 2.03. The quantitative estimate of drug-likeness (QED) is 0.783. The summed E-state index contributed by atoms with van der Waals surface area (Å²) in [4.78, 5) is 6.48. The third kappa shape index (κ3) is 4.23. The molecule has 0 aliphatic carbocycles. The standard InChI is InChI=1S/C15H17ClN2O/c1-18(11-13-4-3-5-15(16)17-13)10-12-6-8-14(19-2)9-7-12/h3-9H,10-11H2,1-2H3. The summed E-state index contributed by atoms with van der Waals surface area (Å²) in [6.07, 6.45) is 0. The molecule has 0 N–H and O–H groups in total. The largest absolute Gasteiger partial charge is 0.497 e. The minimum atomic E-state index is 0.537. The van der Waals surface area contributed by atoms with Crippen LogP contribution >= 0.6 is 11.6 Å². The second-order valence-electron chi connectivity index (χ2n) is 4.47. The maximum Gasteiger partial charge on any atom is 0.129 e. The zero-order valence-electron chi connectivity index (χ0n) is 11.1. The highest BCUT2D eigenvalue weighted by molar-refractivity contribution is 6.29. The first-order chi connectivity index (χ1) is 9.17. The second kappa shape index (κ2) is 6.55. The molecule has 0 amide bonds. The molecule has 0 aliphatic rings. The lowest BCUT2D eigenvalue weighted by Gasteiger charge is -2.16. The average molecular weight is 277 g/mol. The Hall–Kier alpha value is -1.58. The summed E-state index contributed by atoms with van der Waals surface area (Å²) in [5.74, 6) is 0.878. The number of benzene rings is 1. The fourth-order valence-corrected chi connectivity index (χ4v) is 2.09. The van der Waals surface area contributed by atoms with Gasteiger partial charge in [0.1, 0.15) is 10.9 Å². The summed E-state index contributed by atoms with van der Waals surface area (Å²) in [6.45, 7) is 1.63. The summed E-state index contributed by atoms with van der Waals surface area (Å²) in [7, 11) is 3.73. The van der Waals surface area contributed by atoms with E-state index in [2.05, 4.69) is 29.1 Å². The molecular weight excluding hydrogens is 260 g/mol. The predicted octanol–water partition coefficient (Wildman–Crippen LogP) is 3.38. The molecule has 0 saturated carbocycles. The first kappa shape index (κ1) is 13.8. The lowest BCUT2D eigenvalue weighted by Crippen LogP contribution is -2.17. The molecule has 1 aromatic carbocycles. The maximum absolute atomic E-state index is 5.88. The van der Waals surface area contributed by atoms with Crippen molar-refractivity contribution in [2.75, 3.05) is 14.2 Å². The van der Waals surface area contributed by atoms with E-state index in [0.717, 1.165) is 24.5 Å².